The van der Waals surface area contributed by atoms with Crippen molar-refractivity contribution in [2.45, 2.75) is 44.7 Å². The van der Waals surface area contributed by atoms with E-state index in [2.05, 4.69) is 5.32 Å². The highest BCUT2D eigenvalue weighted by molar-refractivity contribution is 5.85. The van der Waals surface area contributed by atoms with Crippen molar-refractivity contribution in [2.24, 2.45) is 5.73 Å². The molecule has 5 nitrogen and oxygen atoms in total. The maximum atomic E-state index is 12.2. The number of nitrogens with one attached hydrogen (secondary N) is 1. The van der Waals surface area contributed by atoms with E-state index in [1.54, 1.807) is 0 Å². The second-order valence-electron chi connectivity index (χ2n) is 6.06. The van der Waals surface area contributed by atoms with E-state index in [9.17, 15) is 9.59 Å². The highest BCUT2D eigenvalue weighted by Crippen LogP contribution is 2.12. The fourth-order valence-electron chi connectivity index (χ4n) is 2.74. The Labute approximate surface area is 144 Å². The average Bonchev–Trinajstić information content (AvgIpc) is 2.93. The number of likely N-dealkylation sites (tertiary alicyclic amines) is 1. The molecule has 23 heavy (non-hydrogen) atoms. The van der Waals surface area contributed by atoms with Gasteiger partial charge < -0.3 is 16.0 Å². The number of nitrogens with zero attached hydrogens (tertiary/aromatic N) is 1. The van der Waals surface area contributed by atoms with E-state index in [0.29, 0.717) is 19.4 Å². The SMILES string of the molecule is CC(N)CC(=O)NC1CCN(C(=O)CCc2ccccc2)C1.Cl. The molecule has 0 spiro atoms. The quantitative estimate of drug-likeness (QED) is 0.824. The van der Waals surface area contributed by atoms with Crippen molar-refractivity contribution in [1.29, 1.82) is 0 Å². The summed E-state index contributed by atoms with van der Waals surface area (Å²) in [6.45, 7) is 3.14. The number of aryl methyl sites for hydroxylation is 1. The Morgan fingerprint density at radius 1 is 1.35 bits per heavy atom. The van der Waals surface area contributed by atoms with Gasteiger partial charge in [0.05, 0.1) is 0 Å². The van der Waals surface area contributed by atoms with Crippen LogP contribution >= 0.6 is 12.4 Å². The molecular formula is C17H26ClN3O2. The highest BCUT2D eigenvalue weighted by atomic mass is 35.5. The summed E-state index contributed by atoms with van der Waals surface area (Å²) >= 11 is 0. The van der Waals surface area contributed by atoms with Gasteiger partial charge in [-0.2, -0.15) is 0 Å². The fraction of sp³-hybridized carbons (Fsp3) is 0.529. The number of benzene rings is 1. The molecule has 1 aromatic carbocycles. The minimum absolute atomic E-state index is 0. The third kappa shape index (κ3) is 6.59. The standard InChI is InChI=1S/C17H25N3O2.ClH/c1-13(18)11-16(21)19-15-9-10-20(12-15)17(22)8-7-14-5-3-2-4-6-14;/h2-6,13,15H,7-12,18H2,1H3,(H,19,21);1H. The minimum Gasteiger partial charge on any atom is -0.351 e. The molecule has 2 unspecified atom stereocenters. The van der Waals surface area contributed by atoms with Crippen molar-refractivity contribution in [3.8, 4) is 0 Å². The average molecular weight is 340 g/mol. The first-order chi connectivity index (χ1) is 10.5. The summed E-state index contributed by atoms with van der Waals surface area (Å²) in [6.07, 6.45) is 2.43. The second-order valence-corrected chi connectivity index (χ2v) is 6.06. The Bertz CT molecular complexity index is 508. The van der Waals surface area contributed by atoms with Gasteiger partial charge in [0, 0.05) is 38.0 Å². The lowest BCUT2D eigenvalue weighted by Crippen LogP contribution is -2.40. The Morgan fingerprint density at radius 3 is 2.70 bits per heavy atom. The van der Waals surface area contributed by atoms with Crippen LogP contribution in [0, 0.1) is 0 Å². The van der Waals surface area contributed by atoms with Crippen LogP contribution in [0.15, 0.2) is 30.3 Å². The highest BCUT2D eigenvalue weighted by Gasteiger charge is 2.26. The maximum Gasteiger partial charge on any atom is 0.222 e. The first kappa shape index (κ1) is 19.5. The van der Waals surface area contributed by atoms with E-state index >= 15 is 0 Å². The molecule has 0 aliphatic carbocycles. The molecule has 1 aliphatic heterocycles. The Morgan fingerprint density at radius 2 is 2.04 bits per heavy atom. The number of amides is 2. The van der Waals surface area contributed by atoms with Crippen LogP contribution in [0.1, 0.15) is 31.7 Å². The van der Waals surface area contributed by atoms with E-state index in [1.165, 1.54) is 5.56 Å². The van der Waals surface area contributed by atoms with E-state index in [0.717, 1.165) is 19.4 Å². The molecule has 2 rings (SSSR count). The largest absolute Gasteiger partial charge is 0.351 e. The smallest absolute Gasteiger partial charge is 0.222 e. The summed E-state index contributed by atoms with van der Waals surface area (Å²) in [7, 11) is 0. The Hall–Kier alpha value is -1.59. The lowest BCUT2D eigenvalue weighted by Gasteiger charge is -2.17. The zero-order chi connectivity index (χ0) is 15.9. The van der Waals surface area contributed by atoms with Gasteiger partial charge in [-0.05, 0) is 25.3 Å². The van der Waals surface area contributed by atoms with Crippen molar-refractivity contribution >= 4 is 24.2 Å². The first-order valence-corrected chi connectivity index (χ1v) is 7.91. The molecule has 0 radical (unpaired) electrons. The topological polar surface area (TPSA) is 75.4 Å². The summed E-state index contributed by atoms with van der Waals surface area (Å²) in [5, 5.41) is 2.96. The van der Waals surface area contributed by atoms with Crippen LogP contribution in [0.5, 0.6) is 0 Å². The number of carbonyl (C=O) groups excluding carboxylic acids is 2. The summed E-state index contributed by atoms with van der Waals surface area (Å²) in [5.74, 6) is 0.131. The number of carbonyl (C=O) groups is 2. The second kappa shape index (κ2) is 9.53. The summed E-state index contributed by atoms with van der Waals surface area (Å²) < 4.78 is 0. The maximum absolute atomic E-state index is 12.2. The monoisotopic (exact) mass is 339 g/mol. The third-order valence-corrected chi connectivity index (χ3v) is 3.88. The number of nitrogens with two attached hydrogens (primary N) is 1. The number of hydrogen-bond acceptors (Lipinski definition) is 3. The van der Waals surface area contributed by atoms with Gasteiger partial charge in [-0.1, -0.05) is 30.3 Å². The molecule has 2 amide bonds. The van der Waals surface area contributed by atoms with Gasteiger partial charge >= 0.3 is 0 Å². The van der Waals surface area contributed by atoms with Gasteiger partial charge in [0.15, 0.2) is 0 Å². The third-order valence-electron chi connectivity index (χ3n) is 3.88. The summed E-state index contributed by atoms with van der Waals surface area (Å²) in [4.78, 5) is 25.8. The fourth-order valence-corrected chi connectivity index (χ4v) is 2.74. The molecular weight excluding hydrogens is 314 g/mol. The van der Waals surface area contributed by atoms with Crippen LogP contribution in [-0.4, -0.2) is 41.9 Å². The summed E-state index contributed by atoms with van der Waals surface area (Å²) in [5.41, 5.74) is 6.79. The van der Waals surface area contributed by atoms with Crippen LogP contribution in [-0.2, 0) is 16.0 Å². The molecule has 6 heteroatoms. The zero-order valence-electron chi connectivity index (χ0n) is 13.5. The van der Waals surface area contributed by atoms with Gasteiger partial charge in [0.2, 0.25) is 11.8 Å². The lowest BCUT2D eigenvalue weighted by atomic mass is 10.1. The van der Waals surface area contributed by atoms with Crippen LogP contribution in [0.3, 0.4) is 0 Å². The Balaban J connectivity index is 0.00000264. The lowest BCUT2D eigenvalue weighted by molar-refractivity contribution is -0.130. The van der Waals surface area contributed by atoms with Gasteiger partial charge in [0.25, 0.3) is 0 Å². The van der Waals surface area contributed by atoms with Crippen LogP contribution < -0.4 is 11.1 Å². The molecule has 1 aliphatic rings. The van der Waals surface area contributed by atoms with E-state index in [-0.39, 0.29) is 36.3 Å². The van der Waals surface area contributed by atoms with E-state index < -0.39 is 0 Å². The molecule has 1 fully saturated rings. The van der Waals surface area contributed by atoms with Gasteiger partial charge in [0.1, 0.15) is 0 Å². The predicted molar refractivity (Wildman–Crippen MR) is 93.4 cm³/mol. The van der Waals surface area contributed by atoms with Crippen molar-refractivity contribution in [3.63, 3.8) is 0 Å². The van der Waals surface area contributed by atoms with Gasteiger partial charge in [-0.3, -0.25) is 9.59 Å². The van der Waals surface area contributed by atoms with Crippen molar-refractivity contribution in [2.75, 3.05) is 13.1 Å². The van der Waals surface area contributed by atoms with Crippen molar-refractivity contribution < 1.29 is 9.59 Å². The normalized spacial score (nSPS) is 18.2. The first-order valence-electron chi connectivity index (χ1n) is 7.91. The molecule has 0 aromatic heterocycles. The van der Waals surface area contributed by atoms with Crippen LogP contribution in [0.25, 0.3) is 0 Å². The molecule has 1 aromatic rings. The molecule has 1 saturated heterocycles. The minimum atomic E-state index is -0.134. The van der Waals surface area contributed by atoms with Crippen LogP contribution in [0.2, 0.25) is 0 Å². The van der Waals surface area contributed by atoms with Crippen molar-refractivity contribution in [3.05, 3.63) is 35.9 Å². The Kier molecular flexibility index (Phi) is 8.06. The predicted octanol–water partition coefficient (Wildman–Crippen LogP) is 1.50. The van der Waals surface area contributed by atoms with Crippen molar-refractivity contribution in [1.82, 2.24) is 10.2 Å². The van der Waals surface area contributed by atoms with Crippen LogP contribution in [0.4, 0.5) is 0 Å². The molecule has 0 bridgehead atoms. The van der Waals surface area contributed by atoms with Gasteiger partial charge in [-0.25, -0.2) is 0 Å². The molecule has 0 saturated carbocycles. The number of rotatable bonds is 6. The van der Waals surface area contributed by atoms with E-state index in [4.69, 9.17) is 5.73 Å². The zero-order valence-corrected chi connectivity index (χ0v) is 14.3. The molecule has 1 heterocycles. The number of halogens is 1. The molecule has 3 N–H and O–H groups in total. The van der Waals surface area contributed by atoms with E-state index in [1.807, 2.05) is 42.2 Å². The number of hydrogen-bond donors (Lipinski definition) is 2. The summed E-state index contributed by atoms with van der Waals surface area (Å²) in [6, 6.07) is 9.94. The molecule has 128 valence electrons. The molecule has 2 atom stereocenters. The van der Waals surface area contributed by atoms with Gasteiger partial charge in [-0.15, -0.1) is 12.4 Å².